The second kappa shape index (κ2) is 6.73. The summed E-state index contributed by atoms with van der Waals surface area (Å²) in [6.45, 7) is 1.84. The van der Waals surface area contributed by atoms with Crippen LogP contribution in [0.1, 0.15) is 5.69 Å². The van der Waals surface area contributed by atoms with Gasteiger partial charge in [0.15, 0.2) is 0 Å². The first-order valence-corrected chi connectivity index (χ1v) is 4.81. The van der Waals surface area contributed by atoms with Crippen molar-refractivity contribution in [2.24, 2.45) is 0 Å². The molecule has 0 amide bonds. The average molecular weight is 247 g/mol. The summed E-state index contributed by atoms with van der Waals surface area (Å²) in [5.41, 5.74) is 1.18. The Morgan fingerprint density at radius 3 is 2.50 bits per heavy atom. The molecule has 0 atom stereocenters. The van der Waals surface area contributed by atoms with E-state index in [9.17, 15) is 4.39 Å². The molecule has 1 heterocycles. The number of hydrogen-bond acceptors (Lipinski definition) is 4. The summed E-state index contributed by atoms with van der Waals surface area (Å²) in [4.78, 5) is 4.02. The van der Waals surface area contributed by atoms with Crippen molar-refractivity contribution in [1.29, 1.82) is 0 Å². The fourth-order valence-corrected chi connectivity index (χ4v) is 1.31. The van der Waals surface area contributed by atoms with Gasteiger partial charge in [0.25, 0.3) is 0 Å². The minimum Gasteiger partial charge on any atom is -0.870 e. The van der Waals surface area contributed by atoms with Crippen LogP contribution in [0.15, 0.2) is 36.5 Å². The van der Waals surface area contributed by atoms with Crippen molar-refractivity contribution in [3.63, 3.8) is 0 Å². The van der Waals surface area contributed by atoms with Gasteiger partial charge in [0, 0.05) is 0 Å². The molecule has 0 unspecified atom stereocenters. The topological polar surface area (TPSA) is 82.1 Å². The Hall–Kier alpha value is -1.92. The van der Waals surface area contributed by atoms with E-state index in [0.717, 1.165) is 5.69 Å². The van der Waals surface area contributed by atoms with Gasteiger partial charge in [0.2, 0.25) is 0 Å². The van der Waals surface area contributed by atoms with Crippen LogP contribution in [-0.4, -0.2) is 23.8 Å². The van der Waals surface area contributed by atoms with Gasteiger partial charge in [-0.1, -0.05) is 0 Å². The number of nitrogens with zero attached hydrogens (tertiary/aromatic N) is 1. The number of ether oxygens (including phenoxy) is 1. The quantitative estimate of drug-likeness (QED) is 0.757. The number of pyridine rings is 1. The summed E-state index contributed by atoms with van der Waals surface area (Å²) in [6.07, 6.45) is 1.61. The zero-order valence-electron chi connectivity index (χ0n) is 9.67. The predicted molar refractivity (Wildman–Crippen MR) is 64.7 cm³/mol. The van der Waals surface area contributed by atoms with Crippen LogP contribution in [0.25, 0.3) is 0 Å². The van der Waals surface area contributed by atoms with E-state index in [1.165, 1.54) is 12.1 Å². The maximum atomic E-state index is 13.4. The fraction of sp³-hybridized carbons (Fsp3) is 0.0833. The summed E-state index contributed by atoms with van der Waals surface area (Å²) in [7, 11) is 5.44. The van der Waals surface area contributed by atoms with Gasteiger partial charge in [0.1, 0.15) is 0 Å². The first kappa shape index (κ1) is 16.1. The Balaban J connectivity index is 0.00000144. The van der Waals surface area contributed by atoms with Crippen molar-refractivity contribution < 1.29 is 20.1 Å². The molecule has 0 aliphatic heterocycles. The molecule has 0 aliphatic carbocycles. The Kier molecular flexibility index (Phi) is 6.02. The van der Waals surface area contributed by atoms with Crippen LogP contribution in [-0.2, 0) is 0 Å². The predicted octanol–water partition coefficient (Wildman–Crippen LogP) is 1.76. The van der Waals surface area contributed by atoms with Gasteiger partial charge in [-0.25, -0.2) is 0 Å². The van der Waals surface area contributed by atoms with Crippen molar-refractivity contribution >= 4 is 13.3 Å². The van der Waals surface area contributed by atoms with Crippen molar-refractivity contribution in [2.45, 2.75) is 6.92 Å². The van der Waals surface area contributed by atoms with Gasteiger partial charge >= 0.3 is 93.9 Å². The molecule has 0 saturated heterocycles. The van der Waals surface area contributed by atoms with Crippen LogP contribution in [0.4, 0.5) is 4.39 Å². The number of hydrogen-bond donors (Lipinski definition) is 0. The first-order valence-electron chi connectivity index (χ1n) is 4.81. The van der Waals surface area contributed by atoms with Gasteiger partial charge in [-0.2, -0.15) is 0 Å². The zero-order chi connectivity index (χ0) is 11.5. The minimum atomic E-state index is -0.477. The minimum absolute atomic E-state index is 0. The molecule has 1 aromatic carbocycles. The first-order chi connectivity index (χ1) is 7.65. The molecular weight excluding hydrogens is 236 g/mol. The molecule has 2 rings (SSSR count). The van der Waals surface area contributed by atoms with E-state index in [2.05, 4.69) is 4.98 Å². The molecule has 92 valence electrons. The van der Waals surface area contributed by atoms with E-state index >= 15 is 0 Å². The molecule has 2 N–H and O–H groups in total. The normalized spacial score (nSPS) is 9.11. The molecule has 0 aliphatic rings. The van der Waals surface area contributed by atoms with Gasteiger partial charge in [-0.05, 0) is 0 Å². The monoisotopic (exact) mass is 247 g/mol. The van der Waals surface area contributed by atoms with Gasteiger partial charge in [-0.15, -0.1) is 0 Å². The standard InChI is InChI=1S/C12H9BFNO.2H2O/c1-8-6-10(4-5-15-8)16-12-3-2-9(13)7-11(12)14;;/h2-7H,1H3;2*1H2/q+2;;/p-2. The Morgan fingerprint density at radius 1 is 1.17 bits per heavy atom. The Morgan fingerprint density at radius 2 is 1.89 bits per heavy atom. The largest absolute Gasteiger partial charge is 0.870 e. The van der Waals surface area contributed by atoms with Crippen molar-refractivity contribution in [1.82, 2.24) is 4.98 Å². The molecule has 2 aromatic rings. The third-order valence-electron chi connectivity index (χ3n) is 2.05. The number of aryl methyl sites for hydroxylation is 1. The maximum Gasteiger partial charge on any atom is -0.870 e. The number of halogens is 1. The summed E-state index contributed by atoms with van der Waals surface area (Å²) < 4.78 is 18.8. The van der Waals surface area contributed by atoms with Crippen LogP contribution in [0, 0.1) is 12.7 Å². The van der Waals surface area contributed by atoms with Crippen LogP contribution < -0.4 is 10.2 Å². The van der Waals surface area contributed by atoms with E-state index in [1.54, 1.807) is 24.4 Å². The molecule has 18 heavy (non-hydrogen) atoms. The third-order valence-corrected chi connectivity index (χ3v) is 2.05. The molecule has 0 saturated carbocycles. The van der Waals surface area contributed by atoms with Gasteiger partial charge in [-0.3, -0.25) is 0 Å². The molecule has 0 fully saturated rings. The van der Waals surface area contributed by atoms with Crippen molar-refractivity contribution in [3.8, 4) is 11.5 Å². The summed E-state index contributed by atoms with van der Waals surface area (Å²) in [5.74, 6) is 0.227. The Labute approximate surface area is 105 Å². The van der Waals surface area contributed by atoms with E-state index in [4.69, 9.17) is 12.6 Å². The molecule has 1 aromatic heterocycles. The number of rotatable bonds is 2. The summed E-state index contributed by atoms with van der Waals surface area (Å²) in [6, 6.07) is 7.72. The smallest absolute Gasteiger partial charge is 0.870 e. The molecule has 4 nitrogen and oxygen atoms in total. The van der Waals surface area contributed by atoms with E-state index in [-0.39, 0.29) is 16.7 Å². The number of benzene rings is 1. The Bertz CT molecular complexity index is 522. The van der Waals surface area contributed by atoms with Crippen LogP contribution in [0.2, 0.25) is 0 Å². The fourth-order valence-electron chi connectivity index (χ4n) is 1.31. The second-order valence-corrected chi connectivity index (χ2v) is 3.42. The molecule has 0 radical (unpaired) electrons. The van der Waals surface area contributed by atoms with Gasteiger partial charge in [0.05, 0.1) is 0 Å². The average Bonchev–Trinajstić information content (AvgIpc) is 2.22. The summed E-state index contributed by atoms with van der Waals surface area (Å²) >= 11 is 0. The van der Waals surface area contributed by atoms with E-state index < -0.39 is 5.82 Å². The second-order valence-electron chi connectivity index (χ2n) is 3.42. The molecule has 0 bridgehead atoms. The van der Waals surface area contributed by atoms with Crippen molar-refractivity contribution in [2.75, 3.05) is 0 Å². The zero-order valence-corrected chi connectivity index (χ0v) is 9.67. The third kappa shape index (κ3) is 3.83. The summed E-state index contributed by atoms with van der Waals surface area (Å²) in [5, 5.41) is 0. The van der Waals surface area contributed by atoms with E-state index in [0.29, 0.717) is 11.2 Å². The molecule has 0 spiro atoms. The maximum absolute atomic E-state index is 13.4. The van der Waals surface area contributed by atoms with Crippen molar-refractivity contribution in [3.05, 3.63) is 48.0 Å². The van der Waals surface area contributed by atoms with E-state index in [1.807, 2.05) is 6.92 Å². The number of aromatic nitrogens is 1. The van der Waals surface area contributed by atoms with Crippen LogP contribution >= 0.6 is 0 Å². The van der Waals surface area contributed by atoms with Gasteiger partial charge < -0.3 is 11.0 Å². The molecule has 6 heteroatoms. The SMILES string of the molecule is [B+2]c1ccc(Oc2ccnc(C)c2)c(F)c1.[OH-].[OH-]. The molecular formula is C12H11BFNO3. The van der Waals surface area contributed by atoms with Crippen LogP contribution in [0.5, 0.6) is 11.5 Å². The van der Waals surface area contributed by atoms with Crippen LogP contribution in [0.3, 0.4) is 0 Å².